The Morgan fingerprint density at radius 2 is 2.05 bits per heavy atom. The van der Waals surface area contributed by atoms with E-state index in [1.54, 1.807) is 18.2 Å². The Kier molecular flexibility index (Phi) is 4.28. The number of carbonyl (C=O) groups is 1. The molecule has 2 aromatic carbocycles. The van der Waals surface area contributed by atoms with Crippen LogP contribution in [-0.2, 0) is 0 Å². The van der Waals surface area contributed by atoms with E-state index in [-0.39, 0.29) is 11.3 Å². The fourth-order valence-electron chi connectivity index (χ4n) is 1.60. The number of halogens is 2. The van der Waals surface area contributed by atoms with E-state index in [1.165, 1.54) is 18.2 Å². The number of phenolic OH excluding ortho intramolecular Hbond substituents is 1. The molecule has 0 saturated heterocycles. The molecule has 0 saturated carbocycles. The van der Waals surface area contributed by atoms with Gasteiger partial charge in [0.1, 0.15) is 11.8 Å². The maximum absolute atomic E-state index is 12.1. The molecule has 2 N–H and O–H groups in total. The van der Waals surface area contributed by atoms with E-state index in [2.05, 4.69) is 21.2 Å². The first kappa shape index (κ1) is 14.4. The van der Waals surface area contributed by atoms with Gasteiger partial charge in [-0.2, -0.15) is 5.26 Å². The third kappa shape index (κ3) is 3.10. The molecule has 20 heavy (non-hydrogen) atoms. The van der Waals surface area contributed by atoms with E-state index in [9.17, 15) is 9.90 Å². The van der Waals surface area contributed by atoms with Gasteiger partial charge in [0, 0.05) is 9.50 Å². The summed E-state index contributed by atoms with van der Waals surface area (Å²) in [6.07, 6.45) is 0. The summed E-state index contributed by atoms with van der Waals surface area (Å²) in [4.78, 5) is 12.1. The minimum atomic E-state index is -0.542. The van der Waals surface area contributed by atoms with Gasteiger partial charge in [-0.3, -0.25) is 4.79 Å². The number of phenols is 1. The Morgan fingerprint density at radius 1 is 1.30 bits per heavy atom. The van der Waals surface area contributed by atoms with E-state index in [0.29, 0.717) is 16.3 Å². The maximum Gasteiger partial charge on any atom is 0.259 e. The lowest BCUT2D eigenvalue weighted by molar-refractivity contribution is 0.102. The zero-order valence-corrected chi connectivity index (χ0v) is 12.4. The van der Waals surface area contributed by atoms with Gasteiger partial charge in [0.05, 0.1) is 16.8 Å². The highest BCUT2D eigenvalue weighted by Gasteiger charge is 2.14. The second-order valence-corrected chi connectivity index (χ2v) is 5.27. The monoisotopic (exact) mass is 350 g/mol. The van der Waals surface area contributed by atoms with Crippen molar-refractivity contribution in [3.8, 4) is 11.8 Å². The predicted octanol–water partition coefficient (Wildman–Crippen LogP) is 3.93. The molecule has 100 valence electrons. The number of amides is 1. The average Bonchev–Trinajstić information content (AvgIpc) is 2.41. The molecule has 0 spiro atoms. The summed E-state index contributed by atoms with van der Waals surface area (Å²) in [6.45, 7) is 0. The fraction of sp³-hybridized carbons (Fsp3) is 0. The quantitative estimate of drug-likeness (QED) is 0.861. The van der Waals surface area contributed by atoms with Crippen LogP contribution in [0.3, 0.4) is 0 Å². The molecule has 0 aliphatic heterocycles. The Hall–Kier alpha value is -2.03. The van der Waals surface area contributed by atoms with Crippen molar-refractivity contribution in [2.75, 3.05) is 5.32 Å². The van der Waals surface area contributed by atoms with Crippen molar-refractivity contribution < 1.29 is 9.90 Å². The number of nitriles is 1. The molecule has 4 nitrogen and oxygen atoms in total. The molecule has 0 unspecified atom stereocenters. The summed E-state index contributed by atoms with van der Waals surface area (Å²) in [6, 6.07) is 11.0. The molecule has 0 bridgehead atoms. The third-order valence-corrected chi connectivity index (χ3v) is 3.28. The van der Waals surface area contributed by atoms with Crippen LogP contribution in [0.4, 0.5) is 5.69 Å². The Labute approximate surface area is 128 Å². The first-order valence-corrected chi connectivity index (χ1v) is 6.68. The van der Waals surface area contributed by atoms with Crippen molar-refractivity contribution in [3.63, 3.8) is 0 Å². The van der Waals surface area contributed by atoms with Gasteiger partial charge in [-0.25, -0.2) is 0 Å². The number of nitrogens with zero attached hydrogens (tertiary/aromatic N) is 1. The van der Waals surface area contributed by atoms with Crippen LogP contribution in [-0.4, -0.2) is 11.0 Å². The van der Waals surface area contributed by atoms with Gasteiger partial charge in [-0.1, -0.05) is 27.5 Å². The normalized spacial score (nSPS) is 9.85. The van der Waals surface area contributed by atoms with Crippen LogP contribution in [0.1, 0.15) is 15.9 Å². The van der Waals surface area contributed by atoms with Gasteiger partial charge >= 0.3 is 0 Å². The number of nitrogens with one attached hydrogen (secondary N) is 1. The van der Waals surface area contributed by atoms with Crippen molar-refractivity contribution in [3.05, 3.63) is 57.0 Å². The molecule has 0 fully saturated rings. The molecule has 0 atom stereocenters. The molecule has 0 heterocycles. The highest BCUT2D eigenvalue weighted by molar-refractivity contribution is 9.10. The lowest BCUT2D eigenvalue weighted by Gasteiger charge is -2.09. The van der Waals surface area contributed by atoms with E-state index < -0.39 is 5.91 Å². The van der Waals surface area contributed by atoms with Crippen LogP contribution >= 0.6 is 27.5 Å². The minimum absolute atomic E-state index is 0.0429. The smallest absolute Gasteiger partial charge is 0.259 e. The van der Waals surface area contributed by atoms with E-state index in [0.717, 1.165) is 4.47 Å². The van der Waals surface area contributed by atoms with Crippen molar-refractivity contribution in [1.82, 2.24) is 0 Å². The number of carbonyl (C=O) groups excluding carboxylic acids is 1. The highest BCUT2D eigenvalue weighted by Crippen LogP contribution is 2.25. The van der Waals surface area contributed by atoms with Crippen molar-refractivity contribution in [2.24, 2.45) is 0 Å². The van der Waals surface area contributed by atoms with E-state index >= 15 is 0 Å². The van der Waals surface area contributed by atoms with Gasteiger partial charge in [0.25, 0.3) is 5.91 Å². The molecule has 6 heteroatoms. The summed E-state index contributed by atoms with van der Waals surface area (Å²) in [7, 11) is 0. The van der Waals surface area contributed by atoms with Gasteiger partial charge in [-0.05, 0) is 36.4 Å². The fourth-order valence-corrected chi connectivity index (χ4v) is 2.13. The molecule has 1 amide bonds. The standard InChI is InChI=1S/C14H8BrClN2O2/c15-9-2-1-8(7-17)12(5-9)18-14(20)11-6-10(16)3-4-13(11)19/h1-6,19H,(H,18,20). The first-order chi connectivity index (χ1) is 9.51. The highest BCUT2D eigenvalue weighted by atomic mass is 79.9. The largest absolute Gasteiger partial charge is 0.507 e. The molecule has 0 aromatic heterocycles. The number of benzene rings is 2. The predicted molar refractivity (Wildman–Crippen MR) is 79.9 cm³/mol. The second kappa shape index (κ2) is 5.95. The van der Waals surface area contributed by atoms with E-state index in [4.69, 9.17) is 16.9 Å². The second-order valence-electron chi connectivity index (χ2n) is 3.92. The number of anilines is 1. The van der Waals surface area contributed by atoms with Crippen molar-refractivity contribution >= 4 is 39.1 Å². The SMILES string of the molecule is N#Cc1ccc(Br)cc1NC(=O)c1cc(Cl)ccc1O. The number of hydrogen-bond donors (Lipinski definition) is 2. The van der Waals surface area contributed by atoms with Crippen LogP contribution in [0.5, 0.6) is 5.75 Å². The van der Waals surface area contributed by atoms with E-state index in [1.807, 2.05) is 6.07 Å². The molecule has 0 aliphatic rings. The zero-order chi connectivity index (χ0) is 14.7. The minimum Gasteiger partial charge on any atom is -0.507 e. The molecule has 0 aliphatic carbocycles. The van der Waals surface area contributed by atoms with Crippen LogP contribution < -0.4 is 5.32 Å². The summed E-state index contributed by atoms with van der Waals surface area (Å²) in [5.41, 5.74) is 0.718. The van der Waals surface area contributed by atoms with Crippen molar-refractivity contribution in [2.45, 2.75) is 0 Å². The molecule has 0 radical (unpaired) electrons. The lowest BCUT2D eigenvalue weighted by atomic mass is 10.1. The summed E-state index contributed by atoms with van der Waals surface area (Å²) in [5, 5.41) is 21.6. The number of aromatic hydroxyl groups is 1. The Balaban J connectivity index is 2.35. The third-order valence-electron chi connectivity index (χ3n) is 2.55. The van der Waals surface area contributed by atoms with Crippen molar-refractivity contribution in [1.29, 1.82) is 5.26 Å². The summed E-state index contributed by atoms with van der Waals surface area (Å²) in [5.74, 6) is -0.722. The van der Waals surface area contributed by atoms with Gasteiger partial charge in [0.15, 0.2) is 0 Å². The van der Waals surface area contributed by atoms with Crippen LogP contribution in [0.15, 0.2) is 40.9 Å². The summed E-state index contributed by atoms with van der Waals surface area (Å²) >= 11 is 9.06. The maximum atomic E-state index is 12.1. The molecule has 2 rings (SSSR count). The first-order valence-electron chi connectivity index (χ1n) is 5.51. The number of rotatable bonds is 2. The molecular weight excluding hydrogens is 344 g/mol. The van der Waals surface area contributed by atoms with Gasteiger partial charge < -0.3 is 10.4 Å². The van der Waals surface area contributed by atoms with Crippen LogP contribution in [0, 0.1) is 11.3 Å². The lowest BCUT2D eigenvalue weighted by Crippen LogP contribution is -2.13. The Bertz CT molecular complexity index is 726. The molecular formula is C14H8BrClN2O2. The topological polar surface area (TPSA) is 73.1 Å². The van der Waals surface area contributed by atoms with Gasteiger partial charge in [-0.15, -0.1) is 0 Å². The zero-order valence-electron chi connectivity index (χ0n) is 10.0. The van der Waals surface area contributed by atoms with Crippen LogP contribution in [0.2, 0.25) is 5.02 Å². The van der Waals surface area contributed by atoms with Gasteiger partial charge in [0.2, 0.25) is 0 Å². The number of hydrogen-bond acceptors (Lipinski definition) is 3. The van der Waals surface area contributed by atoms with Crippen LogP contribution in [0.25, 0.3) is 0 Å². The summed E-state index contributed by atoms with van der Waals surface area (Å²) < 4.78 is 0.724. The average molecular weight is 352 g/mol. The molecule has 2 aromatic rings. The Morgan fingerprint density at radius 3 is 2.75 bits per heavy atom.